The standard InChI is InChI=1S/2C14H14N.2ClH.Ti/c2*1-3-7-13(8-4-1)11-15-12-14-9-5-2-6-10-14;;;/h2*1-10H,11-12H2;2*1H;/q2*-1;;;+2/p-2. The molecule has 0 unspecified atom stereocenters. The quantitative estimate of drug-likeness (QED) is 0.212. The largest absolute Gasteiger partial charge is 0.655 e. The zero-order valence-electron chi connectivity index (χ0n) is 18.5. The van der Waals surface area contributed by atoms with Gasteiger partial charge in [-0.15, -0.1) is 26.2 Å². The van der Waals surface area contributed by atoms with Gasteiger partial charge >= 0.3 is 35.6 Å². The van der Waals surface area contributed by atoms with Crippen molar-refractivity contribution in [1.82, 2.24) is 0 Å². The molecule has 0 amide bonds. The summed E-state index contributed by atoms with van der Waals surface area (Å²) in [6.45, 7) is 3.21. The summed E-state index contributed by atoms with van der Waals surface area (Å²) in [7, 11) is 9.78. The van der Waals surface area contributed by atoms with Gasteiger partial charge < -0.3 is 10.6 Å². The van der Waals surface area contributed by atoms with Crippen molar-refractivity contribution in [2.45, 2.75) is 26.2 Å². The maximum Gasteiger partial charge on any atom is -0.0608 e. The monoisotopic (exact) mass is 510 g/mol. The van der Waals surface area contributed by atoms with E-state index in [0.717, 1.165) is 26.2 Å². The van der Waals surface area contributed by atoms with Crippen LogP contribution in [0, 0.1) is 0 Å². The molecule has 0 heterocycles. The van der Waals surface area contributed by atoms with Crippen LogP contribution < -0.4 is 0 Å². The molecule has 2 nitrogen and oxygen atoms in total. The normalized spacial score (nSPS) is 9.64. The first-order chi connectivity index (χ1) is 16.3. The van der Waals surface area contributed by atoms with Gasteiger partial charge in [0.2, 0.25) is 0 Å². The van der Waals surface area contributed by atoms with E-state index >= 15 is 0 Å². The predicted molar refractivity (Wildman–Crippen MR) is 139 cm³/mol. The van der Waals surface area contributed by atoms with Crippen molar-refractivity contribution in [3.63, 3.8) is 0 Å². The van der Waals surface area contributed by atoms with Gasteiger partial charge in [-0.05, 0) is 0 Å². The molecule has 0 aliphatic carbocycles. The molecular weight excluding hydrogens is 483 g/mol. The van der Waals surface area contributed by atoms with E-state index in [4.69, 9.17) is 18.6 Å². The van der Waals surface area contributed by atoms with E-state index in [2.05, 4.69) is 59.2 Å². The van der Waals surface area contributed by atoms with Crippen LogP contribution in [0.3, 0.4) is 0 Å². The van der Waals surface area contributed by atoms with Crippen LogP contribution in [0.4, 0.5) is 0 Å². The van der Waals surface area contributed by atoms with Crippen LogP contribution in [0.25, 0.3) is 10.6 Å². The molecular formula is C28H28Cl2N2Ti-2. The Bertz CT molecular complexity index is 796. The molecule has 5 heteroatoms. The van der Waals surface area contributed by atoms with E-state index in [1.807, 2.05) is 72.8 Å². The molecule has 4 rings (SSSR count). The molecule has 0 bridgehead atoms. The first-order valence-electron chi connectivity index (χ1n) is 10.7. The van der Waals surface area contributed by atoms with E-state index in [1.165, 1.54) is 22.3 Å². The first kappa shape index (κ1) is 27.3. The molecule has 0 atom stereocenters. The van der Waals surface area contributed by atoms with Gasteiger partial charge in [0.25, 0.3) is 0 Å². The van der Waals surface area contributed by atoms with Crippen LogP contribution in [0.1, 0.15) is 22.3 Å². The molecule has 4 aromatic carbocycles. The summed E-state index contributed by atoms with van der Waals surface area (Å²) in [6, 6.07) is 41.4. The fraction of sp³-hybridized carbons (Fsp3) is 0.143. The molecule has 33 heavy (non-hydrogen) atoms. The molecule has 0 radical (unpaired) electrons. The molecule has 0 saturated carbocycles. The molecule has 0 fully saturated rings. The molecule has 0 N–H and O–H groups in total. The molecule has 4 aromatic rings. The minimum absolute atomic E-state index is 0.556. The van der Waals surface area contributed by atoms with Crippen LogP contribution in [-0.4, -0.2) is 0 Å². The second-order valence-corrected chi connectivity index (χ2v) is 9.67. The molecule has 0 saturated heterocycles. The third-order valence-corrected chi connectivity index (χ3v) is 4.55. The van der Waals surface area contributed by atoms with Crippen molar-refractivity contribution in [2.75, 3.05) is 0 Å². The van der Waals surface area contributed by atoms with Crippen LogP contribution in [0.5, 0.6) is 0 Å². The Balaban J connectivity index is 0.000000209. The van der Waals surface area contributed by atoms with Crippen molar-refractivity contribution in [2.24, 2.45) is 0 Å². The number of hydrogen-bond acceptors (Lipinski definition) is 0. The number of nitrogens with zero attached hydrogens (tertiary/aromatic N) is 2. The van der Waals surface area contributed by atoms with Gasteiger partial charge in [0.1, 0.15) is 0 Å². The van der Waals surface area contributed by atoms with Gasteiger partial charge in [0.05, 0.1) is 0 Å². The summed E-state index contributed by atoms with van der Waals surface area (Å²) in [5.41, 5.74) is 5.09. The van der Waals surface area contributed by atoms with E-state index in [0.29, 0.717) is 0 Å². The predicted octanol–water partition coefficient (Wildman–Crippen LogP) is 8.90. The van der Waals surface area contributed by atoms with Crippen molar-refractivity contribution in [3.05, 3.63) is 154 Å². The molecule has 170 valence electrons. The second kappa shape index (κ2) is 18.5. The third-order valence-electron chi connectivity index (χ3n) is 4.55. The smallest absolute Gasteiger partial charge is 0.0608 e. The topological polar surface area (TPSA) is 28.2 Å². The van der Waals surface area contributed by atoms with E-state index in [-0.39, 0.29) is 0 Å². The summed E-state index contributed by atoms with van der Waals surface area (Å²) in [6.07, 6.45) is 0. The Kier molecular flexibility index (Phi) is 15.3. The van der Waals surface area contributed by atoms with Crippen molar-refractivity contribution in [3.8, 4) is 0 Å². The summed E-state index contributed by atoms with van der Waals surface area (Å²) >= 11 is -0.556. The maximum absolute atomic E-state index is 4.89. The number of halogens is 2. The SMILES string of the molecule is [Cl][Ti][Cl].c1ccc(C[N-]Cc2ccccc2)cc1.c1ccc(C[N-]Cc2ccccc2)cc1. The van der Waals surface area contributed by atoms with E-state index in [1.54, 1.807) is 0 Å². The van der Waals surface area contributed by atoms with Gasteiger partial charge in [0, 0.05) is 0 Å². The van der Waals surface area contributed by atoms with Gasteiger partial charge in [-0.25, -0.2) is 0 Å². The second-order valence-electron chi connectivity index (χ2n) is 7.09. The van der Waals surface area contributed by atoms with Crippen LogP contribution in [0.2, 0.25) is 0 Å². The number of rotatable bonds is 8. The zero-order valence-corrected chi connectivity index (χ0v) is 21.6. The average molecular weight is 511 g/mol. The summed E-state index contributed by atoms with van der Waals surface area (Å²) in [4.78, 5) is 0. The fourth-order valence-electron chi connectivity index (χ4n) is 2.96. The van der Waals surface area contributed by atoms with E-state index < -0.39 is 17.0 Å². The van der Waals surface area contributed by atoms with Gasteiger partial charge in [0.15, 0.2) is 0 Å². The van der Waals surface area contributed by atoms with E-state index in [9.17, 15) is 0 Å². The maximum atomic E-state index is 4.89. The van der Waals surface area contributed by atoms with Gasteiger partial charge in [-0.1, -0.05) is 144 Å². The van der Waals surface area contributed by atoms with Gasteiger partial charge in [-0.2, -0.15) is 0 Å². The Hall–Kier alpha value is -1.91. The fourth-order valence-corrected chi connectivity index (χ4v) is 2.96. The Morgan fingerprint density at radius 2 is 0.576 bits per heavy atom. The number of benzene rings is 4. The number of hydrogen-bond donors (Lipinski definition) is 0. The molecule has 0 aromatic heterocycles. The zero-order chi connectivity index (χ0) is 23.4. The summed E-state index contributed by atoms with van der Waals surface area (Å²) in [5, 5.41) is 9.02. The molecule has 0 aliphatic rings. The molecule has 0 aliphatic heterocycles. The van der Waals surface area contributed by atoms with Crippen LogP contribution >= 0.6 is 18.6 Å². The minimum Gasteiger partial charge on any atom is -0.655 e. The third kappa shape index (κ3) is 13.4. The van der Waals surface area contributed by atoms with Crippen molar-refractivity contribution >= 4 is 18.6 Å². The van der Waals surface area contributed by atoms with Crippen LogP contribution in [-0.2, 0) is 43.2 Å². The van der Waals surface area contributed by atoms with Gasteiger partial charge in [-0.3, -0.25) is 0 Å². The van der Waals surface area contributed by atoms with Crippen molar-refractivity contribution < 1.29 is 17.0 Å². The average Bonchev–Trinajstić information content (AvgIpc) is 2.88. The van der Waals surface area contributed by atoms with Crippen molar-refractivity contribution in [1.29, 1.82) is 0 Å². The van der Waals surface area contributed by atoms with Crippen LogP contribution in [0.15, 0.2) is 121 Å². The first-order valence-corrected chi connectivity index (χ1v) is 15.0. The summed E-state index contributed by atoms with van der Waals surface area (Å²) in [5.74, 6) is 0. The Morgan fingerprint density at radius 3 is 0.758 bits per heavy atom. The minimum atomic E-state index is -0.556. The molecule has 0 spiro atoms. The Labute approximate surface area is 215 Å². The Morgan fingerprint density at radius 1 is 0.394 bits per heavy atom. The summed E-state index contributed by atoms with van der Waals surface area (Å²) < 4.78 is 0.